The van der Waals surface area contributed by atoms with Gasteiger partial charge in [-0.25, -0.2) is 9.97 Å². The van der Waals surface area contributed by atoms with Crippen LogP contribution in [-0.4, -0.2) is 19.7 Å². The standard InChI is InChI=1S/C11H12F3N5/c1-7(2)19-6-8(5-16-19)17-10-15-4-3-9(18-10)11(12,13)14/h3-7H,1-2H3,(H,15,17,18). The van der Waals surface area contributed by atoms with Crippen molar-refractivity contribution in [1.29, 1.82) is 0 Å². The molecule has 0 saturated heterocycles. The van der Waals surface area contributed by atoms with Crippen LogP contribution in [-0.2, 0) is 6.18 Å². The third-order valence-electron chi connectivity index (χ3n) is 2.33. The van der Waals surface area contributed by atoms with Gasteiger partial charge in [0.1, 0.15) is 5.69 Å². The summed E-state index contributed by atoms with van der Waals surface area (Å²) in [6, 6.07) is 0.987. The highest BCUT2D eigenvalue weighted by molar-refractivity contribution is 5.50. The molecule has 0 fully saturated rings. The molecule has 2 rings (SSSR count). The quantitative estimate of drug-likeness (QED) is 0.932. The zero-order valence-corrected chi connectivity index (χ0v) is 10.3. The smallest absolute Gasteiger partial charge is 0.321 e. The number of rotatable bonds is 3. The van der Waals surface area contributed by atoms with Gasteiger partial charge in [-0.3, -0.25) is 4.68 Å². The number of hydrogen-bond acceptors (Lipinski definition) is 4. The van der Waals surface area contributed by atoms with Crippen LogP contribution in [0.2, 0.25) is 0 Å². The van der Waals surface area contributed by atoms with E-state index in [0.717, 1.165) is 12.3 Å². The molecule has 0 unspecified atom stereocenters. The van der Waals surface area contributed by atoms with E-state index in [1.54, 1.807) is 10.9 Å². The fraction of sp³-hybridized carbons (Fsp3) is 0.364. The first kappa shape index (κ1) is 13.3. The second kappa shape index (κ2) is 4.87. The molecule has 0 aliphatic carbocycles. The van der Waals surface area contributed by atoms with Gasteiger partial charge in [-0.1, -0.05) is 0 Å². The number of hydrogen-bond donors (Lipinski definition) is 1. The predicted molar refractivity (Wildman–Crippen MR) is 62.9 cm³/mol. The summed E-state index contributed by atoms with van der Waals surface area (Å²) < 4.78 is 39.1. The zero-order valence-electron chi connectivity index (χ0n) is 10.3. The molecule has 8 heteroatoms. The lowest BCUT2D eigenvalue weighted by molar-refractivity contribution is -0.141. The molecular formula is C11H12F3N5. The molecule has 2 aromatic heterocycles. The third-order valence-corrected chi connectivity index (χ3v) is 2.33. The highest BCUT2D eigenvalue weighted by atomic mass is 19.4. The Morgan fingerprint density at radius 1 is 1.32 bits per heavy atom. The Hall–Kier alpha value is -2.12. The van der Waals surface area contributed by atoms with Gasteiger partial charge in [0.05, 0.1) is 11.9 Å². The van der Waals surface area contributed by atoms with Gasteiger partial charge in [0.2, 0.25) is 5.95 Å². The highest BCUT2D eigenvalue weighted by Crippen LogP contribution is 2.28. The lowest BCUT2D eigenvalue weighted by Crippen LogP contribution is -2.09. The van der Waals surface area contributed by atoms with Crippen molar-refractivity contribution in [3.63, 3.8) is 0 Å². The molecule has 0 aliphatic heterocycles. The van der Waals surface area contributed by atoms with Crippen LogP contribution in [0.15, 0.2) is 24.7 Å². The van der Waals surface area contributed by atoms with Crippen LogP contribution < -0.4 is 5.32 Å². The molecule has 0 bridgehead atoms. The molecule has 0 aromatic carbocycles. The van der Waals surface area contributed by atoms with E-state index in [-0.39, 0.29) is 12.0 Å². The van der Waals surface area contributed by atoms with Crippen molar-refractivity contribution < 1.29 is 13.2 Å². The van der Waals surface area contributed by atoms with Gasteiger partial charge in [-0.2, -0.15) is 18.3 Å². The number of nitrogens with one attached hydrogen (secondary N) is 1. The normalized spacial score (nSPS) is 11.9. The second-order valence-corrected chi connectivity index (χ2v) is 4.19. The Labute approximate surface area is 107 Å². The lowest BCUT2D eigenvalue weighted by Gasteiger charge is -2.07. The molecule has 2 aromatic rings. The van der Waals surface area contributed by atoms with Crippen molar-refractivity contribution >= 4 is 11.6 Å². The summed E-state index contributed by atoms with van der Waals surface area (Å²) in [6.07, 6.45) is -0.246. The van der Waals surface area contributed by atoms with E-state index in [1.807, 2.05) is 13.8 Å². The summed E-state index contributed by atoms with van der Waals surface area (Å²) >= 11 is 0. The van der Waals surface area contributed by atoms with E-state index in [2.05, 4.69) is 20.4 Å². The monoisotopic (exact) mass is 271 g/mol. The largest absolute Gasteiger partial charge is 0.433 e. The van der Waals surface area contributed by atoms with Crippen LogP contribution in [0.4, 0.5) is 24.8 Å². The van der Waals surface area contributed by atoms with Gasteiger partial charge >= 0.3 is 6.18 Å². The predicted octanol–water partition coefficient (Wildman–Crippen LogP) is 3.02. The van der Waals surface area contributed by atoms with Gasteiger partial charge in [0.25, 0.3) is 0 Å². The maximum Gasteiger partial charge on any atom is 0.433 e. The summed E-state index contributed by atoms with van der Waals surface area (Å²) in [7, 11) is 0. The van der Waals surface area contributed by atoms with Crippen molar-refractivity contribution in [2.24, 2.45) is 0 Å². The molecule has 5 nitrogen and oxygen atoms in total. The molecular weight excluding hydrogens is 259 g/mol. The number of aromatic nitrogens is 4. The Bertz CT molecular complexity index is 561. The third kappa shape index (κ3) is 3.21. The maximum absolute atomic E-state index is 12.5. The summed E-state index contributed by atoms with van der Waals surface area (Å²) in [5.41, 5.74) is -0.450. The molecule has 1 N–H and O–H groups in total. The van der Waals surface area contributed by atoms with Crippen molar-refractivity contribution in [1.82, 2.24) is 19.7 Å². The molecule has 0 aliphatic rings. The minimum Gasteiger partial charge on any atom is -0.321 e. The average Bonchev–Trinajstić information content (AvgIpc) is 2.77. The van der Waals surface area contributed by atoms with E-state index in [1.165, 1.54) is 6.20 Å². The summed E-state index contributed by atoms with van der Waals surface area (Å²) in [5.74, 6) is -0.113. The molecule has 102 valence electrons. The van der Waals surface area contributed by atoms with E-state index in [4.69, 9.17) is 0 Å². The van der Waals surface area contributed by atoms with Gasteiger partial charge < -0.3 is 5.32 Å². The second-order valence-electron chi connectivity index (χ2n) is 4.19. The van der Waals surface area contributed by atoms with Crippen molar-refractivity contribution in [3.8, 4) is 0 Å². The minimum absolute atomic E-state index is 0.113. The van der Waals surface area contributed by atoms with Crippen molar-refractivity contribution in [2.75, 3.05) is 5.32 Å². The van der Waals surface area contributed by atoms with E-state index in [0.29, 0.717) is 5.69 Å². The highest BCUT2D eigenvalue weighted by Gasteiger charge is 2.32. The lowest BCUT2D eigenvalue weighted by atomic mass is 10.4. The molecule has 19 heavy (non-hydrogen) atoms. The molecule has 0 radical (unpaired) electrons. The molecule has 0 saturated carbocycles. The number of halogens is 3. The Kier molecular flexibility index (Phi) is 3.41. The van der Waals surface area contributed by atoms with Gasteiger partial charge in [-0.15, -0.1) is 0 Å². The van der Waals surface area contributed by atoms with Crippen LogP contribution in [0.1, 0.15) is 25.6 Å². The van der Waals surface area contributed by atoms with Gasteiger partial charge in [0.15, 0.2) is 0 Å². The van der Waals surface area contributed by atoms with Gasteiger partial charge in [0, 0.05) is 18.4 Å². The summed E-state index contributed by atoms with van der Waals surface area (Å²) in [4.78, 5) is 7.15. The first-order valence-corrected chi connectivity index (χ1v) is 5.57. The Balaban J connectivity index is 2.19. The average molecular weight is 271 g/mol. The van der Waals surface area contributed by atoms with Crippen LogP contribution >= 0.6 is 0 Å². The maximum atomic E-state index is 12.5. The van der Waals surface area contributed by atoms with E-state index < -0.39 is 11.9 Å². The minimum atomic E-state index is -4.48. The molecule has 2 heterocycles. The van der Waals surface area contributed by atoms with Crippen molar-refractivity contribution in [2.45, 2.75) is 26.1 Å². The number of nitrogens with zero attached hydrogens (tertiary/aromatic N) is 4. The van der Waals surface area contributed by atoms with Gasteiger partial charge in [-0.05, 0) is 19.9 Å². The fourth-order valence-corrected chi connectivity index (χ4v) is 1.39. The zero-order chi connectivity index (χ0) is 14.0. The summed E-state index contributed by atoms with van der Waals surface area (Å²) in [5, 5.41) is 6.75. The van der Waals surface area contributed by atoms with Crippen LogP contribution in [0, 0.1) is 0 Å². The SMILES string of the molecule is CC(C)n1cc(Nc2nccc(C(F)(F)F)n2)cn1. The van der Waals surface area contributed by atoms with E-state index in [9.17, 15) is 13.2 Å². The Morgan fingerprint density at radius 3 is 2.63 bits per heavy atom. The molecule has 0 atom stereocenters. The fourth-order valence-electron chi connectivity index (χ4n) is 1.39. The topological polar surface area (TPSA) is 55.6 Å². The number of anilines is 2. The van der Waals surface area contributed by atoms with Crippen LogP contribution in [0.3, 0.4) is 0 Å². The molecule has 0 amide bonds. The van der Waals surface area contributed by atoms with E-state index >= 15 is 0 Å². The number of alkyl halides is 3. The first-order valence-electron chi connectivity index (χ1n) is 5.57. The Morgan fingerprint density at radius 2 is 2.05 bits per heavy atom. The first-order chi connectivity index (χ1) is 8.86. The molecule has 0 spiro atoms. The van der Waals surface area contributed by atoms with Crippen LogP contribution in [0.25, 0.3) is 0 Å². The van der Waals surface area contributed by atoms with Crippen LogP contribution in [0.5, 0.6) is 0 Å². The van der Waals surface area contributed by atoms with Crippen molar-refractivity contribution in [3.05, 3.63) is 30.4 Å². The summed E-state index contributed by atoms with van der Waals surface area (Å²) in [6.45, 7) is 3.88.